The number of hydrogen-bond donors (Lipinski definition) is 2. The van der Waals surface area contributed by atoms with Crippen molar-refractivity contribution in [3.8, 4) is 0 Å². The molecule has 0 aliphatic carbocycles. The maximum Gasteiger partial charge on any atom is 0.371 e. The molecule has 0 aliphatic heterocycles. The molecule has 0 radical (unpaired) electrons. The minimum atomic E-state index is -1.59. The van der Waals surface area contributed by atoms with Gasteiger partial charge >= 0.3 is 5.97 Å². The second-order valence-electron chi connectivity index (χ2n) is 6.04. The number of carbonyl (C=O) groups excluding carboxylic acids is 1. The molecule has 0 atom stereocenters. The quantitative estimate of drug-likeness (QED) is 0.574. The van der Waals surface area contributed by atoms with Gasteiger partial charge < -0.3 is 15.1 Å². The van der Waals surface area contributed by atoms with E-state index in [4.69, 9.17) is 5.11 Å². The van der Waals surface area contributed by atoms with Gasteiger partial charge in [-0.15, -0.1) is 0 Å². The first-order chi connectivity index (χ1) is 12.8. The molecule has 2 rings (SSSR count). The van der Waals surface area contributed by atoms with Crippen molar-refractivity contribution >= 4 is 11.9 Å². The average molecular weight is 375 g/mol. The van der Waals surface area contributed by atoms with Crippen LogP contribution in [0.25, 0.3) is 0 Å². The topological polar surface area (TPSA) is 77.8 Å². The first-order valence-electron chi connectivity index (χ1n) is 8.18. The first kappa shape index (κ1) is 20.1. The standard InChI is InChI=1S/C20H19F2NO4/c1-23(19(25)12-18(24)20(26)27)11-10-17(13-2-6-15(21)7-3-13)14-4-8-16(22)9-5-14/h2-9,12,17,24H,10-11H2,1H3,(H,26,27). The average Bonchev–Trinajstić information content (AvgIpc) is 2.64. The molecule has 1 amide bonds. The van der Waals surface area contributed by atoms with Crippen molar-refractivity contribution < 1.29 is 28.6 Å². The number of amides is 1. The summed E-state index contributed by atoms with van der Waals surface area (Å²) in [6.07, 6.45) is 1.06. The molecule has 0 unspecified atom stereocenters. The molecule has 142 valence electrons. The summed E-state index contributed by atoms with van der Waals surface area (Å²) in [6.45, 7) is 0.238. The Hall–Kier alpha value is -3.22. The van der Waals surface area contributed by atoms with E-state index in [0.29, 0.717) is 12.5 Å². The third-order valence-corrected chi connectivity index (χ3v) is 4.15. The van der Waals surface area contributed by atoms with Crippen LogP contribution in [0.15, 0.2) is 60.4 Å². The predicted molar refractivity (Wildman–Crippen MR) is 95.2 cm³/mol. The van der Waals surface area contributed by atoms with Gasteiger partial charge in [-0.2, -0.15) is 0 Å². The maximum atomic E-state index is 13.2. The zero-order valence-corrected chi connectivity index (χ0v) is 14.6. The van der Waals surface area contributed by atoms with Gasteiger partial charge in [0.2, 0.25) is 11.7 Å². The molecule has 2 N–H and O–H groups in total. The summed E-state index contributed by atoms with van der Waals surface area (Å²) in [5.74, 6) is -4.27. The number of aliphatic carboxylic acids is 1. The second-order valence-corrected chi connectivity index (χ2v) is 6.04. The van der Waals surface area contributed by atoms with Crippen LogP contribution >= 0.6 is 0 Å². The molecule has 7 heteroatoms. The molecule has 0 saturated carbocycles. The number of hydrogen-bond acceptors (Lipinski definition) is 3. The van der Waals surface area contributed by atoms with Gasteiger partial charge in [0.25, 0.3) is 0 Å². The fourth-order valence-corrected chi connectivity index (χ4v) is 2.64. The van der Waals surface area contributed by atoms with Crippen LogP contribution in [0.2, 0.25) is 0 Å². The van der Waals surface area contributed by atoms with E-state index in [9.17, 15) is 23.5 Å². The van der Waals surface area contributed by atoms with Crippen LogP contribution < -0.4 is 0 Å². The fraction of sp³-hybridized carbons (Fsp3) is 0.200. The molecule has 2 aromatic rings. The van der Waals surface area contributed by atoms with Gasteiger partial charge in [-0.3, -0.25) is 4.79 Å². The molecule has 0 fully saturated rings. The van der Waals surface area contributed by atoms with Crippen molar-refractivity contribution in [1.29, 1.82) is 0 Å². The van der Waals surface area contributed by atoms with Crippen molar-refractivity contribution in [3.05, 3.63) is 83.1 Å². The van der Waals surface area contributed by atoms with Crippen LogP contribution in [0.4, 0.5) is 8.78 Å². The normalized spacial score (nSPS) is 11.5. The minimum Gasteiger partial charge on any atom is -0.502 e. The number of rotatable bonds is 7. The van der Waals surface area contributed by atoms with E-state index < -0.39 is 17.6 Å². The molecule has 0 aromatic heterocycles. The number of carboxylic acids is 1. The summed E-state index contributed by atoms with van der Waals surface area (Å²) in [6, 6.07) is 11.8. The summed E-state index contributed by atoms with van der Waals surface area (Å²) in [5, 5.41) is 17.8. The summed E-state index contributed by atoms with van der Waals surface area (Å²) in [4.78, 5) is 23.8. The number of likely N-dealkylation sites (N-methyl/N-ethyl adjacent to an activating group) is 1. The number of benzene rings is 2. The summed E-state index contributed by atoms with van der Waals surface area (Å²) in [5.41, 5.74) is 1.60. The first-order valence-corrected chi connectivity index (χ1v) is 8.18. The highest BCUT2D eigenvalue weighted by molar-refractivity contribution is 5.95. The van der Waals surface area contributed by atoms with E-state index >= 15 is 0 Å². The highest BCUT2D eigenvalue weighted by atomic mass is 19.1. The second kappa shape index (κ2) is 8.93. The van der Waals surface area contributed by atoms with Crippen molar-refractivity contribution in [2.24, 2.45) is 0 Å². The van der Waals surface area contributed by atoms with Gasteiger partial charge in [-0.1, -0.05) is 24.3 Å². The lowest BCUT2D eigenvalue weighted by Crippen LogP contribution is -2.28. The van der Waals surface area contributed by atoms with Crippen LogP contribution in [0, 0.1) is 11.6 Å². The van der Waals surface area contributed by atoms with E-state index in [-0.39, 0.29) is 24.1 Å². The molecule has 0 bridgehead atoms. The highest BCUT2D eigenvalue weighted by Gasteiger charge is 2.18. The number of carboxylic acid groups (broad SMARTS) is 1. The van der Waals surface area contributed by atoms with E-state index in [1.807, 2.05) is 0 Å². The van der Waals surface area contributed by atoms with Gasteiger partial charge in [-0.05, 0) is 41.8 Å². The van der Waals surface area contributed by atoms with E-state index in [1.165, 1.54) is 36.2 Å². The summed E-state index contributed by atoms with van der Waals surface area (Å²) in [7, 11) is 1.47. The number of nitrogens with zero attached hydrogens (tertiary/aromatic N) is 1. The van der Waals surface area contributed by atoms with Gasteiger partial charge in [0, 0.05) is 19.5 Å². The molecule has 0 aliphatic rings. The summed E-state index contributed by atoms with van der Waals surface area (Å²) >= 11 is 0. The van der Waals surface area contributed by atoms with Crippen molar-refractivity contribution in [2.45, 2.75) is 12.3 Å². The molecule has 0 spiro atoms. The van der Waals surface area contributed by atoms with Crippen LogP contribution in [-0.4, -0.2) is 40.6 Å². The SMILES string of the molecule is CN(CCC(c1ccc(F)cc1)c1ccc(F)cc1)C(=O)C=C(O)C(=O)O. The van der Waals surface area contributed by atoms with Crippen LogP contribution in [-0.2, 0) is 9.59 Å². The largest absolute Gasteiger partial charge is 0.502 e. The number of halogens is 2. The lowest BCUT2D eigenvalue weighted by Gasteiger charge is -2.22. The lowest BCUT2D eigenvalue weighted by atomic mass is 9.88. The smallest absolute Gasteiger partial charge is 0.371 e. The molecule has 27 heavy (non-hydrogen) atoms. The molecule has 5 nitrogen and oxygen atoms in total. The Kier molecular flexibility index (Phi) is 6.65. The zero-order chi connectivity index (χ0) is 20.0. The Morgan fingerprint density at radius 1 is 0.963 bits per heavy atom. The third-order valence-electron chi connectivity index (χ3n) is 4.15. The summed E-state index contributed by atoms with van der Waals surface area (Å²) < 4.78 is 26.5. The van der Waals surface area contributed by atoms with E-state index in [2.05, 4.69) is 0 Å². The molecular formula is C20H19F2NO4. The molecule has 0 heterocycles. The van der Waals surface area contributed by atoms with Crippen molar-refractivity contribution in [3.63, 3.8) is 0 Å². The van der Waals surface area contributed by atoms with Crippen LogP contribution in [0.3, 0.4) is 0 Å². The van der Waals surface area contributed by atoms with Crippen molar-refractivity contribution in [1.82, 2.24) is 4.90 Å². The fourth-order valence-electron chi connectivity index (χ4n) is 2.64. The van der Waals surface area contributed by atoms with E-state index in [0.717, 1.165) is 11.1 Å². The number of carbonyl (C=O) groups is 2. The monoisotopic (exact) mass is 375 g/mol. The minimum absolute atomic E-state index is 0.224. The van der Waals surface area contributed by atoms with Gasteiger partial charge in [-0.25, -0.2) is 13.6 Å². The van der Waals surface area contributed by atoms with Crippen molar-refractivity contribution in [2.75, 3.05) is 13.6 Å². The Balaban J connectivity index is 2.18. The maximum absolute atomic E-state index is 13.2. The molecule has 2 aromatic carbocycles. The Bertz CT molecular complexity index is 787. The highest BCUT2D eigenvalue weighted by Crippen LogP contribution is 2.28. The lowest BCUT2D eigenvalue weighted by molar-refractivity contribution is -0.136. The Labute approximate surface area is 155 Å². The zero-order valence-electron chi connectivity index (χ0n) is 14.6. The number of aliphatic hydroxyl groups is 1. The van der Waals surface area contributed by atoms with E-state index in [1.54, 1.807) is 24.3 Å². The van der Waals surface area contributed by atoms with Crippen LogP contribution in [0.5, 0.6) is 0 Å². The van der Waals surface area contributed by atoms with Crippen LogP contribution in [0.1, 0.15) is 23.5 Å². The number of aliphatic hydroxyl groups excluding tert-OH is 1. The van der Waals surface area contributed by atoms with Gasteiger partial charge in [0.15, 0.2) is 0 Å². The predicted octanol–water partition coefficient (Wildman–Crippen LogP) is 3.47. The van der Waals surface area contributed by atoms with Gasteiger partial charge in [0.05, 0.1) is 6.08 Å². The van der Waals surface area contributed by atoms with Gasteiger partial charge in [0.1, 0.15) is 11.6 Å². The third kappa shape index (κ3) is 5.64. The molecular weight excluding hydrogens is 356 g/mol. The Morgan fingerprint density at radius 2 is 1.41 bits per heavy atom. The molecule has 0 saturated heterocycles. The Morgan fingerprint density at radius 3 is 1.81 bits per heavy atom.